The fourth-order valence-corrected chi connectivity index (χ4v) is 2.81. The Bertz CT molecular complexity index is 353. The SMILES string of the molecule is Clc1cc(Cl)c(SC(Cl)C(Cl)Cl)cc1Cl. The quantitative estimate of drug-likeness (QED) is 0.362. The molecule has 0 amide bonds. The zero-order valence-electron chi connectivity index (χ0n) is 6.99. The normalized spacial score (nSPS) is 13.3. The molecule has 0 aliphatic rings. The van der Waals surface area contributed by atoms with Crippen LogP contribution in [0.2, 0.25) is 15.1 Å². The Morgan fingerprint density at radius 1 is 0.867 bits per heavy atom. The van der Waals surface area contributed by atoms with Gasteiger partial charge < -0.3 is 0 Å². The maximum absolute atomic E-state index is 5.94. The molecule has 0 aliphatic heterocycles. The van der Waals surface area contributed by atoms with Crippen LogP contribution in [0.1, 0.15) is 0 Å². The molecule has 0 fully saturated rings. The van der Waals surface area contributed by atoms with Crippen LogP contribution in [0.15, 0.2) is 17.0 Å². The van der Waals surface area contributed by atoms with Crippen molar-refractivity contribution in [3.05, 3.63) is 27.2 Å². The van der Waals surface area contributed by atoms with Gasteiger partial charge in [-0.3, -0.25) is 0 Å². The Balaban J connectivity index is 2.91. The molecule has 0 bridgehead atoms. The molecule has 0 spiro atoms. The second-order valence-corrected chi connectivity index (χ2v) is 6.80. The molecular weight excluding hydrogens is 341 g/mol. The fourth-order valence-electron chi connectivity index (χ4n) is 0.767. The molecule has 0 heterocycles. The highest BCUT2D eigenvalue weighted by Gasteiger charge is 2.17. The van der Waals surface area contributed by atoms with E-state index in [0.29, 0.717) is 20.0 Å². The molecule has 1 atom stereocenters. The number of hydrogen-bond acceptors (Lipinski definition) is 1. The van der Waals surface area contributed by atoms with Gasteiger partial charge in [-0.2, -0.15) is 0 Å². The van der Waals surface area contributed by atoms with Gasteiger partial charge in [0.15, 0.2) is 0 Å². The first kappa shape index (κ1) is 14.4. The number of rotatable bonds is 3. The van der Waals surface area contributed by atoms with Gasteiger partial charge in [0.2, 0.25) is 0 Å². The third-order valence-electron chi connectivity index (χ3n) is 1.41. The van der Waals surface area contributed by atoms with Crippen LogP contribution in [0, 0.1) is 0 Å². The number of thioether (sulfide) groups is 1. The number of benzene rings is 1. The number of alkyl halides is 3. The highest BCUT2D eigenvalue weighted by molar-refractivity contribution is 8.01. The summed E-state index contributed by atoms with van der Waals surface area (Å²) in [6, 6.07) is 3.18. The first-order valence-electron chi connectivity index (χ1n) is 3.65. The molecule has 84 valence electrons. The fraction of sp³-hybridized carbons (Fsp3) is 0.250. The Hall–Kier alpha value is 1.31. The molecule has 15 heavy (non-hydrogen) atoms. The second kappa shape index (κ2) is 6.30. The van der Waals surface area contributed by atoms with Gasteiger partial charge in [0.05, 0.1) is 15.1 Å². The number of hydrogen-bond donors (Lipinski definition) is 0. The van der Waals surface area contributed by atoms with E-state index in [-0.39, 0.29) is 0 Å². The van der Waals surface area contributed by atoms with Crippen LogP contribution in [0.4, 0.5) is 0 Å². The van der Waals surface area contributed by atoms with Gasteiger partial charge in [-0.05, 0) is 12.1 Å². The minimum atomic E-state index is -0.692. The van der Waals surface area contributed by atoms with Gasteiger partial charge >= 0.3 is 0 Å². The highest BCUT2D eigenvalue weighted by atomic mass is 35.5. The van der Waals surface area contributed by atoms with Gasteiger partial charge in [0, 0.05) is 4.90 Å². The van der Waals surface area contributed by atoms with Gasteiger partial charge in [0.25, 0.3) is 0 Å². The van der Waals surface area contributed by atoms with Crippen molar-refractivity contribution in [2.75, 3.05) is 0 Å². The molecule has 0 aliphatic carbocycles. The molecular formula is C8H4Cl6S. The van der Waals surface area contributed by atoms with Crippen LogP contribution >= 0.6 is 81.4 Å². The summed E-state index contributed by atoms with van der Waals surface area (Å²) in [5.41, 5.74) is 0. The summed E-state index contributed by atoms with van der Waals surface area (Å²) in [5, 5.41) is 1.27. The lowest BCUT2D eigenvalue weighted by Crippen LogP contribution is -2.02. The predicted octanol–water partition coefficient (Wildman–Crippen LogP) is 6.11. The minimum absolute atomic E-state index is 0.394. The van der Waals surface area contributed by atoms with E-state index < -0.39 is 9.55 Å². The van der Waals surface area contributed by atoms with Crippen LogP contribution in [0.25, 0.3) is 0 Å². The van der Waals surface area contributed by atoms with Crippen molar-refractivity contribution in [2.45, 2.75) is 14.4 Å². The molecule has 0 nitrogen and oxygen atoms in total. The Morgan fingerprint density at radius 3 is 1.93 bits per heavy atom. The maximum Gasteiger partial charge on any atom is 0.133 e. The number of halogens is 6. The average molecular weight is 345 g/mol. The summed E-state index contributed by atoms with van der Waals surface area (Å²) in [6.07, 6.45) is 0. The predicted molar refractivity (Wildman–Crippen MR) is 72.5 cm³/mol. The summed E-state index contributed by atoms with van der Waals surface area (Å²) in [4.78, 5) is -0.000413. The smallest absolute Gasteiger partial charge is 0.108 e. The van der Waals surface area contributed by atoms with Crippen LogP contribution in [-0.4, -0.2) is 9.55 Å². The summed E-state index contributed by atoms with van der Waals surface area (Å²) < 4.78 is -0.497. The largest absolute Gasteiger partial charge is 0.133 e. The molecule has 1 unspecified atom stereocenters. The lowest BCUT2D eigenvalue weighted by Gasteiger charge is -2.11. The highest BCUT2D eigenvalue weighted by Crippen LogP contribution is 2.39. The third kappa shape index (κ3) is 4.23. The van der Waals surface area contributed by atoms with E-state index in [1.54, 1.807) is 12.1 Å². The van der Waals surface area contributed by atoms with Gasteiger partial charge in [-0.25, -0.2) is 0 Å². The van der Waals surface area contributed by atoms with Crippen LogP contribution in [-0.2, 0) is 0 Å². The van der Waals surface area contributed by atoms with Crippen LogP contribution in [0.5, 0.6) is 0 Å². The summed E-state index contributed by atoms with van der Waals surface area (Å²) >= 11 is 35.9. The van der Waals surface area contributed by atoms with E-state index in [0.717, 1.165) is 0 Å². The van der Waals surface area contributed by atoms with Crippen molar-refractivity contribution in [1.82, 2.24) is 0 Å². The molecule has 1 aromatic rings. The van der Waals surface area contributed by atoms with E-state index in [9.17, 15) is 0 Å². The molecule has 0 radical (unpaired) electrons. The van der Waals surface area contributed by atoms with Crippen molar-refractivity contribution >= 4 is 81.4 Å². The summed E-state index contributed by atoms with van der Waals surface area (Å²) in [5.74, 6) is 0. The Morgan fingerprint density at radius 2 is 1.40 bits per heavy atom. The molecule has 7 heteroatoms. The van der Waals surface area contributed by atoms with E-state index in [1.165, 1.54) is 11.8 Å². The molecule has 0 saturated carbocycles. The van der Waals surface area contributed by atoms with Gasteiger partial charge in [0.1, 0.15) is 9.55 Å². The second-order valence-electron chi connectivity index (χ2n) is 2.50. The van der Waals surface area contributed by atoms with E-state index in [2.05, 4.69) is 0 Å². The zero-order valence-corrected chi connectivity index (χ0v) is 12.3. The third-order valence-corrected chi connectivity index (χ3v) is 5.23. The van der Waals surface area contributed by atoms with Gasteiger partial charge in [-0.15, -0.1) is 46.6 Å². The Labute approximate surface area is 122 Å². The lowest BCUT2D eigenvalue weighted by molar-refractivity contribution is 1.29. The average Bonchev–Trinajstić information content (AvgIpc) is 2.13. The molecule has 1 aromatic carbocycles. The lowest BCUT2D eigenvalue weighted by atomic mass is 10.4. The van der Waals surface area contributed by atoms with E-state index in [4.69, 9.17) is 69.6 Å². The topological polar surface area (TPSA) is 0 Å². The minimum Gasteiger partial charge on any atom is -0.108 e. The molecule has 0 saturated heterocycles. The summed E-state index contributed by atoms with van der Waals surface area (Å²) in [7, 11) is 0. The first-order valence-corrected chi connectivity index (χ1v) is 6.97. The van der Waals surface area contributed by atoms with Crippen molar-refractivity contribution in [2.24, 2.45) is 0 Å². The molecule has 0 N–H and O–H groups in total. The van der Waals surface area contributed by atoms with E-state index >= 15 is 0 Å². The molecule has 1 rings (SSSR count). The van der Waals surface area contributed by atoms with E-state index in [1.807, 2.05) is 0 Å². The van der Waals surface area contributed by atoms with Crippen LogP contribution in [0.3, 0.4) is 0 Å². The monoisotopic (exact) mass is 342 g/mol. The molecule has 0 aromatic heterocycles. The zero-order chi connectivity index (χ0) is 11.6. The van der Waals surface area contributed by atoms with Crippen LogP contribution < -0.4 is 0 Å². The van der Waals surface area contributed by atoms with Gasteiger partial charge in [-0.1, -0.05) is 34.8 Å². The maximum atomic E-state index is 5.94. The van der Waals surface area contributed by atoms with Crippen molar-refractivity contribution in [3.63, 3.8) is 0 Å². The van der Waals surface area contributed by atoms with Crippen molar-refractivity contribution in [1.29, 1.82) is 0 Å². The summed E-state index contributed by atoms with van der Waals surface area (Å²) in [6.45, 7) is 0. The van der Waals surface area contributed by atoms with Crippen molar-refractivity contribution in [3.8, 4) is 0 Å². The standard InChI is InChI=1S/C8H4Cl6S/c9-3-1-5(11)6(2-4(3)10)15-8(14)7(12)13/h1-2,7-8H. The Kier molecular flexibility index (Phi) is 6.03. The van der Waals surface area contributed by atoms with Crippen molar-refractivity contribution < 1.29 is 0 Å². The first-order chi connectivity index (χ1) is 6.91.